The Morgan fingerprint density at radius 3 is 2.28 bits per heavy atom. The zero-order valence-electron chi connectivity index (χ0n) is 25.2. The van der Waals surface area contributed by atoms with E-state index in [1.54, 1.807) is 13.0 Å². The Hall–Kier alpha value is -5.24. The van der Waals surface area contributed by atoms with Crippen molar-refractivity contribution >= 4 is 38.5 Å². The van der Waals surface area contributed by atoms with Crippen LogP contribution in [0.25, 0.3) is 33.4 Å². The van der Waals surface area contributed by atoms with Crippen molar-refractivity contribution in [3.05, 3.63) is 108 Å². The molecule has 1 unspecified atom stereocenters. The zero-order valence-corrected chi connectivity index (χ0v) is 26.0. The first kappa shape index (κ1) is 33.1. The predicted octanol–water partition coefficient (Wildman–Crippen LogP) is 6.48. The Morgan fingerprint density at radius 1 is 0.957 bits per heavy atom. The molecule has 2 aromatic heterocycles. The number of carbonyl (C=O) groups excluding carboxylic acids is 2. The van der Waals surface area contributed by atoms with Gasteiger partial charge in [0.1, 0.15) is 17.2 Å². The van der Waals surface area contributed by atoms with Crippen LogP contribution in [0.15, 0.2) is 89.5 Å². The lowest BCUT2D eigenvalue weighted by Crippen LogP contribution is -2.38. The Labute approximate surface area is 267 Å². The zero-order chi connectivity index (χ0) is 34.1. The number of benzene rings is 3. The van der Waals surface area contributed by atoms with Crippen molar-refractivity contribution in [3.63, 3.8) is 0 Å². The smallest absolute Gasteiger partial charge is 0.414 e. The van der Waals surface area contributed by atoms with Gasteiger partial charge in [0.2, 0.25) is 10.0 Å². The molecule has 0 radical (unpaired) electrons. The van der Waals surface area contributed by atoms with Crippen LogP contribution in [0.5, 0.6) is 0 Å². The number of furan rings is 1. The van der Waals surface area contributed by atoms with E-state index >= 15 is 0 Å². The minimum Gasteiger partial charge on any atom is -0.455 e. The highest BCUT2D eigenvalue weighted by Crippen LogP contribution is 2.42. The summed E-state index contributed by atoms with van der Waals surface area (Å²) in [7, 11) is -2.47. The monoisotopic (exact) mass is 668 g/mol. The molecule has 0 aliphatic heterocycles. The lowest BCUT2D eigenvalue weighted by Gasteiger charge is -2.24. The molecule has 0 fully saturated rings. The number of nitrogens with zero attached hydrogens (tertiary/aromatic N) is 2. The summed E-state index contributed by atoms with van der Waals surface area (Å²) in [5.74, 6) is -2.00. The average molecular weight is 669 g/mol. The normalized spacial score (nSPS) is 12.5. The number of halogens is 4. The van der Waals surface area contributed by atoms with Gasteiger partial charge in [-0.15, -0.1) is 0 Å². The molecule has 47 heavy (non-hydrogen) atoms. The molecule has 5 rings (SSSR count). The van der Waals surface area contributed by atoms with Gasteiger partial charge < -0.3 is 15.1 Å². The summed E-state index contributed by atoms with van der Waals surface area (Å²) in [6.45, 7) is 1.60. The largest absolute Gasteiger partial charge is 0.455 e. The molecule has 14 heteroatoms. The molecule has 2 heterocycles. The Bertz CT molecular complexity index is 2070. The van der Waals surface area contributed by atoms with Crippen LogP contribution in [-0.4, -0.2) is 51.2 Å². The van der Waals surface area contributed by atoms with E-state index in [0.29, 0.717) is 5.56 Å². The number of sulfonamides is 1. The van der Waals surface area contributed by atoms with Crippen LogP contribution >= 0.6 is 0 Å². The van der Waals surface area contributed by atoms with E-state index in [1.165, 1.54) is 80.0 Å². The van der Waals surface area contributed by atoms with Crippen LogP contribution in [0, 0.1) is 5.82 Å². The fourth-order valence-electron chi connectivity index (χ4n) is 5.22. The molecule has 3 aromatic carbocycles. The van der Waals surface area contributed by atoms with Crippen molar-refractivity contribution in [1.29, 1.82) is 0 Å². The standard InChI is InChI=1S/C33H28F4N4O5S/c1-4-41(47(3,44)45)26-18-27-24(28(32(43)38-2)29(46-27)19-11-13-22(34)14-12-19)17-23(26)20-8-7-9-21(16-20)31(42)40-30(33(35,36)37)25-10-5-6-15-39-25/h5-18,30H,4H2,1-3H3,(H,38,43)(H,40,42). The Balaban J connectivity index is 1.70. The second kappa shape index (κ2) is 12.9. The lowest BCUT2D eigenvalue weighted by atomic mass is 9.97. The summed E-state index contributed by atoms with van der Waals surface area (Å²) in [6.07, 6.45) is -2.66. The van der Waals surface area contributed by atoms with Crippen LogP contribution in [0.1, 0.15) is 39.4 Å². The second-order valence-electron chi connectivity index (χ2n) is 10.5. The summed E-state index contributed by atoms with van der Waals surface area (Å²) in [4.78, 5) is 30.2. The van der Waals surface area contributed by atoms with E-state index in [9.17, 15) is 35.6 Å². The Kier molecular flexibility index (Phi) is 9.07. The third kappa shape index (κ3) is 6.82. The van der Waals surface area contributed by atoms with Gasteiger partial charge in [0.25, 0.3) is 11.8 Å². The van der Waals surface area contributed by atoms with Crippen LogP contribution in [0.2, 0.25) is 0 Å². The van der Waals surface area contributed by atoms with E-state index in [0.717, 1.165) is 16.6 Å². The number of nitrogens with one attached hydrogen (secondary N) is 2. The first-order valence-electron chi connectivity index (χ1n) is 14.2. The number of hydrogen-bond acceptors (Lipinski definition) is 6. The summed E-state index contributed by atoms with van der Waals surface area (Å²) in [5.41, 5.74) is 0.700. The number of pyridine rings is 1. The fraction of sp³-hybridized carbons (Fsp3) is 0.182. The van der Waals surface area contributed by atoms with Crippen LogP contribution in [0.4, 0.5) is 23.2 Å². The maximum absolute atomic E-state index is 14.0. The number of anilines is 1. The van der Waals surface area contributed by atoms with Crippen molar-refractivity contribution in [1.82, 2.24) is 15.6 Å². The van der Waals surface area contributed by atoms with Crippen molar-refractivity contribution in [3.8, 4) is 22.5 Å². The fourth-order valence-corrected chi connectivity index (χ4v) is 6.20. The third-order valence-electron chi connectivity index (χ3n) is 7.35. The van der Waals surface area contributed by atoms with E-state index in [-0.39, 0.29) is 51.2 Å². The average Bonchev–Trinajstić information content (AvgIpc) is 3.41. The van der Waals surface area contributed by atoms with Gasteiger partial charge in [-0.1, -0.05) is 18.2 Å². The minimum absolute atomic E-state index is 0.0112. The quantitative estimate of drug-likeness (QED) is 0.174. The molecule has 0 spiro atoms. The first-order chi connectivity index (χ1) is 22.2. The number of hydrogen-bond donors (Lipinski definition) is 2. The number of rotatable bonds is 9. The van der Waals surface area contributed by atoms with Gasteiger partial charge in [-0.2, -0.15) is 13.2 Å². The van der Waals surface area contributed by atoms with Gasteiger partial charge in [0.15, 0.2) is 6.04 Å². The molecule has 0 saturated heterocycles. The molecule has 2 N–H and O–H groups in total. The van der Waals surface area contributed by atoms with E-state index in [1.807, 2.05) is 5.32 Å². The maximum atomic E-state index is 14.0. The topological polar surface area (TPSA) is 122 Å². The molecule has 0 aliphatic carbocycles. The highest BCUT2D eigenvalue weighted by molar-refractivity contribution is 7.92. The van der Waals surface area contributed by atoms with Crippen molar-refractivity contribution in [2.45, 2.75) is 19.1 Å². The second-order valence-corrected chi connectivity index (χ2v) is 12.4. The molecule has 244 valence electrons. The number of fused-ring (bicyclic) bond motifs is 1. The number of alkyl halides is 3. The molecule has 1 atom stereocenters. The summed E-state index contributed by atoms with van der Waals surface area (Å²) in [6, 6.07) is 15.4. The van der Waals surface area contributed by atoms with Crippen molar-refractivity contribution in [2.75, 3.05) is 24.2 Å². The molecule has 2 amide bonds. The highest BCUT2D eigenvalue weighted by Gasteiger charge is 2.43. The number of aromatic nitrogens is 1. The number of carbonyl (C=O) groups is 2. The molecule has 0 saturated carbocycles. The summed E-state index contributed by atoms with van der Waals surface area (Å²) >= 11 is 0. The van der Waals surface area contributed by atoms with Crippen molar-refractivity contribution < 1.29 is 40.0 Å². The van der Waals surface area contributed by atoms with Crippen LogP contribution in [0.3, 0.4) is 0 Å². The maximum Gasteiger partial charge on any atom is 0.414 e. The third-order valence-corrected chi connectivity index (χ3v) is 8.60. The Morgan fingerprint density at radius 2 is 1.68 bits per heavy atom. The molecule has 5 aromatic rings. The van der Waals surface area contributed by atoms with Gasteiger partial charge >= 0.3 is 6.18 Å². The molecule has 0 bridgehead atoms. The number of amides is 2. The van der Waals surface area contributed by atoms with E-state index in [4.69, 9.17) is 4.42 Å². The molecular formula is C33H28F4N4O5S. The first-order valence-corrected chi connectivity index (χ1v) is 16.0. The lowest BCUT2D eigenvalue weighted by molar-refractivity contribution is -0.156. The van der Waals surface area contributed by atoms with E-state index < -0.39 is 45.6 Å². The predicted molar refractivity (Wildman–Crippen MR) is 169 cm³/mol. The van der Waals surface area contributed by atoms with Gasteiger partial charge in [-0.25, -0.2) is 12.8 Å². The molecule has 9 nitrogen and oxygen atoms in total. The van der Waals surface area contributed by atoms with Crippen molar-refractivity contribution in [2.24, 2.45) is 0 Å². The van der Waals surface area contributed by atoms with E-state index in [2.05, 4.69) is 10.3 Å². The van der Waals surface area contributed by atoms with Gasteiger partial charge in [-0.3, -0.25) is 18.9 Å². The summed E-state index contributed by atoms with van der Waals surface area (Å²) in [5, 5.41) is 4.82. The van der Waals surface area contributed by atoms with Gasteiger partial charge in [0, 0.05) is 47.9 Å². The van der Waals surface area contributed by atoms with Crippen LogP contribution < -0.4 is 14.9 Å². The minimum atomic E-state index is -4.85. The SMILES string of the molecule is CCN(c1cc2oc(-c3ccc(F)cc3)c(C(=O)NC)c2cc1-c1cccc(C(=O)NC(c2ccccn2)C(F)(F)F)c1)S(C)(=O)=O. The molecule has 0 aliphatic rings. The summed E-state index contributed by atoms with van der Waals surface area (Å²) < 4.78 is 88.6. The molecular weight excluding hydrogens is 640 g/mol. The van der Waals surface area contributed by atoms with Crippen LogP contribution in [-0.2, 0) is 10.0 Å². The van der Waals surface area contributed by atoms with Gasteiger partial charge in [-0.05, 0) is 67.1 Å². The van der Waals surface area contributed by atoms with Gasteiger partial charge in [0.05, 0.1) is 23.2 Å². The highest BCUT2D eigenvalue weighted by atomic mass is 32.2.